The predicted octanol–water partition coefficient (Wildman–Crippen LogP) is 1.80. The van der Waals surface area contributed by atoms with Crippen LogP contribution in [0.5, 0.6) is 0 Å². The van der Waals surface area contributed by atoms with Crippen molar-refractivity contribution >= 4 is 33.9 Å². The fraction of sp³-hybridized carbons (Fsp3) is 0.308. The molecule has 0 aliphatic heterocycles. The normalized spacial score (nSPS) is 10.4. The number of amides is 1. The summed E-state index contributed by atoms with van der Waals surface area (Å²) in [6.45, 7) is 3.06. The van der Waals surface area contributed by atoms with Crippen LogP contribution < -0.4 is 5.32 Å². The first kappa shape index (κ1) is 16.6. The molecule has 9 nitrogen and oxygen atoms in total. The Kier molecular flexibility index (Phi) is 4.74. The van der Waals surface area contributed by atoms with Gasteiger partial charge in [0, 0.05) is 13.1 Å². The van der Waals surface area contributed by atoms with E-state index in [-0.39, 0.29) is 9.88 Å². The number of esters is 1. The standard InChI is InChI=1S/C13H14N4O5S/c1-7-12(8(2)16(3)15-7)14-10(18)6-22-13(19)9-4-5-11(23-9)17(20)21/h4-5H,6H2,1-3H3,(H,14,18). The van der Waals surface area contributed by atoms with Crippen molar-refractivity contribution < 1.29 is 19.2 Å². The molecule has 0 aromatic carbocycles. The van der Waals surface area contributed by atoms with E-state index in [0.29, 0.717) is 22.7 Å². The highest BCUT2D eigenvalue weighted by molar-refractivity contribution is 7.17. The SMILES string of the molecule is Cc1nn(C)c(C)c1NC(=O)COC(=O)c1ccc([N+](=O)[O-])s1. The number of nitro groups is 1. The maximum Gasteiger partial charge on any atom is 0.349 e. The molecular weight excluding hydrogens is 324 g/mol. The van der Waals surface area contributed by atoms with Crippen LogP contribution in [0.15, 0.2) is 12.1 Å². The number of rotatable bonds is 5. The Balaban J connectivity index is 1.93. The Morgan fingerprint density at radius 3 is 2.65 bits per heavy atom. The van der Waals surface area contributed by atoms with E-state index in [1.54, 1.807) is 25.6 Å². The van der Waals surface area contributed by atoms with Gasteiger partial charge in [-0.2, -0.15) is 5.10 Å². The summed E-state index contributed by atoms with van der Waals surface area (Å²) < 4.78 is 6.48. The Morgan fingerprint density at radius 2 is 2.13 bits per heavy atom. The van der Waals surface area contributed by atoms with E-state index in [2.05, 4.69) is 10.4 Å². The van der Waals surface area contributed by atoms with Crippen LogP contribution in [0.3, 0.4) is 0 Å². The number of nitrogens with zero attached hydrogens (tertiary/aromatic N) is 3. The van der Waals surface area contributed by atoms with Gasteiger partial charge in [-0.15, -0.1) is 0 Å². The van der Waals surface area contributed by atoms with Gasteiger partial charge in [-0.05, 0) is 19.9 Å². The Labute approximate surface area is 135 Å². The van der Waals surface area contributed by atoms with Crippen LogP contribution in [0.25, 0.3) is 0 Å². The molecular formula is C13H14N4O5S. The number of nitrogens with one attached hydrogen (secondary N) is 1. The van der Waals surface area contributed by atoms with Crippen molar-refractivity contribution in [1.29, 1.82) is 0 Å². The number of aromatic nitrogens is 2. The lowest BCUT2D eigenvalue weighted by molar-refractivity contribution is -0.380. The zero-order valence-corrected chi connectivity index (χ0v) is 13.5. The van der Waals surface area contributed by atoms with Gasteiger partial charge in [0.1, 0.15) is 4.88 Å². The molecule has 10 heteroatoms. The molecule has 0 radical (unpaired) electrons. The molecule has 0 bridgehead atoms. The fourth-order valence-electron chi connectivity index (χ4n) is 1.87. The summed E-state index contributed by atoms with van der Waals surface area (Å²) in [5.74, 6) is -1.29. The molecule has 122 valence electrons. The highest BCUT2D eigenvalue weighted by Gasteiger charge is 2.18. The van der Waals surface area contributed by atoms with Crippen molar-refractivity contribution in [3.8, 4) is 0 Å². The molecule has 0 saturated heterocycles. The third-order valence-corrected chi connectivity index (χ3v) is 4.10. The predicted molar refractivity (Wildman–Crippen MR) is 82.6 cm³/mol. The molecule has 1 amide bonds. The first-order valence-electron chi connectivity index (χ1n) is 6.51. The second-order valence-electron chi connectivity index (χ2n) is 4.69. The summed E-state index contributed by atoms with van der Waals surface area (Å²) in [5, 5.41) is 17.2. The van der Waals surface area contributed by atoms with E-state index in [9.17, 15) is 19.7 Å². The van der Waals surface area contributed by atoms with Crippen LogP contribution in [-0.2, 0) is 16.6 Å². The summed E-state index contributed by atoms with van der Waals surface area (Å²) in [6, 6.07) is 2.50. The van der Waals surface area contributed by atoms with Gasteiger partial charge in [-0.3, -0.25) is 19.6 Å². The lowest BCUT2D eigenvalue weighted by Crippen LogP contribution is -2.21. The summed E-state index contributed by atoms with van der Waals surface area (Å²) >= 11 is 0.694. The Bertz CT molecular complexity index is 779. The van der Waals surface area contributed by atoms with Crippen LogP contribution in [0, 0.1) is 24.0 Å². The molecule has 0 aliphatic carbocycles. The largest absolute Gasteiger partial charge is 0.451 e. The van der Waals surface area contributed by atoms with Crippen molar-refractivity contribution in [2.24, 2.45) is 7.05 Å². The maximum absolute atomic E-state index is 11.8. The number of ether oxygens (including phenoxy) is 1. The molecule has 2 heterocycles. The van der Waals surface area contributed by atoms with Gasteiger partial charge >= 0.3 is 11.0 Å². The summed E-state index contributed by atoms with van der Waals surface area (Å²) in [4.78, 5) is 33.6. The fourth-order valence-corrected chi connectivity index (χ4v) is 2.58. The van der Waals surface area contributed by atoms with E-state index in [1.165, 1.54) is 12.1 Å². The molecule has 1 N–H and O–H groups in total. The van der Waals surface area contributed by atoms with Gasteiger partial charge in [0.25, 0.3) is 5.91 Å². The van der Waals surface area contributed by atoms with E-state index in [1.807, 2.05) is 0 Å². The lowest BCUT2D eigenvalue weighted by Gasteiger charge is -2.06. The number of carbonyl (C=O) groups is 2. The van der Waals surface area contributed by atoms with Crippen molar-refractivity contribution in [3.05, 3.63) is 38.5 Å². The van der Waals surface area contributed by atoms with Crippen molar-refractivity contribution in [1.82, 2.24) is 9.78 Å². The zero-order chi connectivity index (χ0) is 17.1. The average Bonchev–Trinajstić information content (AvgIpc) is 3.06. The quantitative estimate of drug-likeness (QED) is 0.505. The molecule has 2 aromatic heterocycles. The zero-order valence-electron chi connectivity index (χ0n) is 12.7. The molecule has 0 spiro atoms. The number of anilines is 1. The van der Waals surface area contributed by atoms with Crippen LogP contribution >= 0.6 is 11.3 Å². The van der Waals surface area contributed by atoms with Crippen LogP contribution in [0.2, 0.25) is 0 Å². The molecule has 2 rings (SSSR count). The number of hydrogen-bond acceptors (Lipinski definition) is 7. The second-order valence-corrected chi connectivity index (χ2v) is 5.75. The van der Waals surface area contributed by atoms with Gasteiger partial charge in [0.05, 0.1) is 22.0 Å². The average molecular weight is 338 g/mol. The Hall–Kier alpha value is -2.75. The second kappa shape index (κ2) is 6.57. The van der Waals surface area contributed by atoms with E-state index < -0.39 is 23.4 Å². The molecule has 0 fully saturated rings. The monoisotopic (exact) mass is 338 g/mol. The summed E-state index contributed by atoms with van der Waals surface area (Å²) in [6.07, 6.45) is 0. The van der Waals surface area contributed by atoms with E-state index >= 15 is 0 Å². The smallest absolute Gasteiger partial charge is 0.349 e. The third-order valence-electron chi connectivity index (χ3n) is 3.08. The molecule has 2 aromatic rings. The molecule has 0 unspecified atom stereocenters. The number of aryl methyl sites for hydroxylation is 2. The molecule has 23 heavy (non-hydrogen) atoms. The molecule has 0 atom stereocenters. The van der Waals surface area contributed by atoms with Gasteiger partial charge in [0.2, 0.25) is 0 Å². The number of thiophene rings is 1. The number of hydrogen-bond donors (Lipinski definition) is 1. The van der Waals surface area contributed by atoms with Gasteiger partial charge in [0.15, 0.2) is 6.61 Å². The highest BCUT2D eigenvalue weighted by Crippen LogP contribution is 2.24. The first-order valence-corrected chi connectivity index (χ1v) is 7.32. The van der Waals surface area contributed by atoms with Crippen molar-refractivity contribution in [3.63, 3.8) is 0 Å². The first-order chi connectivity index (χ1) is 10.8. The highest BCUT2D eigenvalue weighted by atomic mass is 32.1. The van der Waals surface area contributed by atoms with Crippen LogP contribution in [-0.4, -0.2) is 33.2 Å². The minimum absolute atomic E-state index is 0.0678. The van der Waals surface area contributed by atoms with Gasteiger partial charge in [-0.1, -0.05) is 11.3 Å². The van der Waals surface area contributed by atoms with Gasteiger partial charge < -0.3 is 10.1 Å². The summed E-state index contributed by atoms with van der Waals surface area (Å²) in [5.41, 5.74) is 2.00. The van der Waals surface area contributed by atoms with E-state index in [0.717, 1.165) is 5.69 Å². The van der Waals surface area contributed by atoms with Crippen LogP contribution in [0.4, 0.5) is 10.7 Å². The van der Waals surface area contributed by atoms with E-state index in [4.69, 9.17) is 4.74 Å². The molecule has 0 saturated carbocycles. The van der Waals surface area contributed by atoms with Crippen molar-refractivity contribution in [2.45, 2.75) is 13.8 Å². The number of carbonyl (C=O) groups excluding carboxylic acids is 2. The Morgan fingerprint density at radius 1 is 1.43 bits per heavy atom. The maximum atomic E-state index is 11.8. The van der Waals surface area contributed by atoms with Crippen molar-refractivity contribution in [2.75, 3.05) is 11.9 Å². The van der Waals surface area contributed by atoms with Crippen LogP contribution in [0.1, 0.15) is 21.1 Å². The van der Waals surface area contributed by atoms with Gasteiger partial charge in [-0.25, -0.2) is 4.79 Å². The topological polar surface area (TPSA) is 116 Å². The molecule has 0 aliphatic rings. The third kappa shape index (κ3) is 3.72. The minimum atomic E-state index is -0.780. The summed E-state index contributed by atoms with van der Waals surface area (Å²) in [7, 11) is 1.75. The lowest BCUT2D eigenvalue weighted by atomic mass is 10.3. The minimum Gasteiger partial charge on any atom is -0.451 e.